The van der Waals surface area contributed by atoms with E-state index < -0.39 is 11.7 Å². The van der Waals surface area contributed by atoms with Gasteiger partial charge in [0, 0.05) is 6.54 Å². The van der Waals surface area contributed by atoms with E-state index in [1.165, 1.54) is 14.2 Å². The Morgan fingerprint density at radius 1 is 0.778 bits per heavy atom. The quantitative estimate of drug-likeness (QED) is 0.314. The Hall–Kier alpha value is -3.64. The van der Waals surface area contributed by atoms with E-state index in [4.69, 9.17) is 14.2 Å². The summed E-state index contributed by atoms with van der Waals surface area (Å²) in [4.78, 5) is 26.3. The molecule has 3 aromatic carbocycles. The summed E-state index contributed by atoms with van der Waals surface area (Å²) >= 11 is 0. The molecule has 6 nitrogen and oxygen atoms in total. The first-order valence-corrected chi connectivity index (χ1v) is 12.3. The zero-order valence-corrected chi connectivity index (χ0v) is 20.8. The summed E-state index contributed by atoms with van der Waals surface area (Å²) in [5, 5.41) is 0. The van der Waals surface area contributed by atoms with Crippen LogP contribution in [0.4, 0.5) is 4.79 Å². The van der Waals surface area contributed by atoms with Gasteiger partial charge in [-0.25, -0.2) is 4.79 Å². The first kappa shape index (κ1) is 25.5. The van der Waals surface area contributed by atoms with Crippen molar-refractivity contribution in [3.05, 3.63) is 108 Å². The monoisotopic (exact) mass is 487 g/mol. The number of likely N-dealkylation sites (tertiary alicyclic amines) is 1. The van der Waals surface area contributed by atoms with Gasteiger partial charge in [0.2, 0.25) is 0 Å². The molecule has 1 aliphatic heterocycles. The van der Waals surface area contributed by atoms with Crippen molar-refractivity contribution in [1.29, 1.82) is 0 Å². The number of hydrogen-bond acceptors (Lipinski definition) is 5. The van der Waals surface area contributed by atoms with Gasteiger partial charge in [-0.1, -0.05) is 91.0 Å². The predicted molar refractivity (Wildman–Crippen MR) is 137 cm³/mol. The Labute approximate surface area is 212 Å². The number of esters is 1. The topological polar surface area (TPSA) is 65.1 Å². The van der Waals surface area contributed by atoms with Crippen LogP contribution in [0.3, 0.4) is 0 Å². The van der Waals surface area contributed by atoms with Crippen LogP contribution in [0, 0.1) is 5.92 Å². The summed E-state index contributed by atoms with van der Waals surface area (Å²) < 4.78 is 16.9. The lowest BCUT2D eigenvalue weighted by Gasteiger charge is -2.42. The molecule has 6 heteroatoms. The van der Waals surface area contributed by atoms with Crippen LogP contribution in [-0.4, -0.2) is 50.4 Å². The first-order valence-electron chi connectivity index (χ1n) is 12.3. The molecule has 1 aliphatic rings. The van der Waals surface area contributed by atoms with Gasteiger partial charge in [-0.15, -0.1) is 0 Å². The number of rotatable bonds is 8. The minimum absolute atomic E-state index is 0.0231. The molecule has 0 unspecified atom stereocenters. The summed E-state index contributed by atoms with van der Waals surface area (Å²) in [6.45, 7) is 0.726. The van der Waals surface area contributed by atoms with Gasteiger partial charge in [-0.2, -0.15) is 0 Å². The van der Waals surface area contributed by atoms with Crippen LogP contribution < -0.4 is 0 Å². The molecule has 0 bridgehead atoms. The van der Waals surface area contributed by atoms with Crippen LogP contribution in [0.15, 0.2) is 91.0 Å². The van der Waals surface area contributed by atoms with Crippen molar-refractivity contribution in [2.45, 2.75) is 30.9 Å². The molecule has 4 rings (SSSR count). The Morgan fingerprint density at radius 2 is 1.28 bits per heavy atom. The lowest BCUT2D eigenvalue weighted by Crippen LogP contribution is -2.50. The van der Waals surface area contributed by atoms with E-state index in [-0.39, 0.29) is 24.3 Å². The number of methoxy groups -OCH3 is 2. The summed E-state index contributed by atoms with van der Waals surface area (Å²) in [6, 6.07) is 30.3. The summed E-state index contributed by atoms with van der Waals surface area (Å²) in [5.41, 5.74) is 2.15. The normalized spacial score (nSPS) is 17.9. The largest absolute Gasteiger partial charge is 0.469 e. The maximum atomic E-state index is 12.7. The van der Waals surface area contributed by atoms with Crippen LogP contribution in [0.2, 0.25) is 0 Å². The number of hydrogen-bond donors (Lipinski definition) is 0. The molecule has 2 atom stereocenters. The zero-order chi connectivity index (χ0) is 25.4. The molecule has 1 amide bonds. The molecule has 0 N–H and O–H groups in total. The number of carbonyl (C=O) groups is 2. The Bertz CT molecular complexity index is 1020. The number of benzene rings is 3. The van der Waals surface area contributed by atoms with Crippen molar-refractivity contribution in [3.63, 3.8) is 0 Å². The molecule has 3 aromatic rings. The summed E-state index contributed by atoms with van der Waals surface area (Å²) in [5.74, 6) is -0.245. The fraction of sp³-hybridized carbons (Fsp3) is 0.333. The van der Waals surface area contributed by atoms with Crippen LogP contribution in [0.1, 0.15) is 36.0 Å². The number of amides is 1. The number of piperidine rings is 1. The van der Waals surface area contributed by atoms with E-state index in [1.54, 1.807) is 4.90 Å². The molecule has 0 saturated carbocycles. The molecule has 0 aromatic heterocycles. The fourth-order valence-electron chi connectivity index (χ4n) is 5.09. The highest BCUT2D eigenvalue weighted by atomic mass is 16.5. The predicted octanol–water partition coefficient (Wildman–Crippen LogP) is 5.41. The number of carbonyl (C=O) groups excluding carboxylic acids is 2. The van der Waals surface area contributed by atoms with Crippen molar-refractivity contribution >= 4 is 12.1 Å². The molecule has 188 valence electrons. The molecular formula is C30H33NO5. The lowest BCUT2D eigenvalue weighted by atomic mass is 9.80. The van der Waals surface area contributed by atoms with E-state index in [2.05, 4.69) is 36.4 Å². The minimum Gasteiger partial charge on any atom is -0.469 e. The van der Waals surface area contributed by atoms with E-state index in [1.807, 2.05) is 54.6 Å². The third-order valence-electron chi connectivity index (χ3n) is 6.93. The Balaban J connectivity index is 1.69. The number of nitrogens with zero attached hydrogens (tertiary/aromatic N) is 1. The third-order valence-corrected chi connectivity index (χ3v) is 6.93. The molecule has 1 saturated heterocycles. The van der Waals surface area contributed by atoms with Gasteiger partial charge in [0.25, 0.3) is 0 Å². The van der Waals surface area contributed by atoms with Gasteiger partial charge in [-0.3, -0.25) is 4.79 Å². The van der Waals surface area contributed by atoms with Crippen molar-refractivity contribution < 1.29 is 23.8 Å². The smallest absolute Gasteiger partial charge is 0.409 e. The third kappa shape index (κ3) is 5.44. The van der Waals surface area contributed by atoms with E-state index >= 15 is 0 Å². The summed E-state index contributed by atoms with van der Waals surface area (Å²) in [6.07, 6.45) is 1.36. The fourth-order valence-corrected chi connectivity index (χ4v) is 5.09. The van der Waals surface area contributed by atoms with E-state index in [9.17, 15) is 9.59 Å². The average molecular weight is 488 g/mol. The average Bonchev–Trinajstić information content (AvgIpc) is 2.95. The van der Waals surface area contributed by atoms with E-state index in [0.29, 0.717) is 19.6 Å². The lowest BCUT2D eigenvalue weighted by molar-refractivity contribution is -0.142. The molecule has 0 aliphatic carbocycles. The summed E-state index contributed by atoms with van der Waals surface area (Å²) in [7, 11) is 2.77. The van der Waals surface area contributed by atoms with Crippen LogP contribution in [0.25, 0.3) is 0 Å². The Morgan fingerprint density at radius 3 is 1.72 bits per heavy atom. The molecule has 0 radical (unpaired) electrons. The van der Waals surface area contributed by atoms with Crippen molar-refractivity contribution in [2.75, 3.05) is 27.4 Å². The molecule has 36 heavy (non-hydrogen) atoms. The van der Waals surface area contributed by atoms with Gasteiger partial charge >= 0.3 is 12.1 Å². The highest BCUT2D eigenvalue weighted by Crippen LogP contribution is 2.41. The van der Waals surface area contributed by atoms with Crippen molar-refractivity contribution in [3.8, 4) is 0 Å². The number of ether oxygens (including phenoxy) is 3. The molecule has 0 spiro atoms. The standard InChI is InChI=1S/C30H33NO5/c1-34-28(32)20-23-18-19-27(31(21-23)29(33)35-2)22-36-30(24-12-6-3-7-13-24,25-14-8-4-9-15-25)26-16-10-5-11-17-26/h3-17,23,27H,18-22H2,1-2H3/t23-,27-/m0/s1. The van der Waals surface area contributed by atoms with Gasteiger partial charge in [0.1, 0.15) is 5.60 Å². The second kappa shape index (κ2) is 11.9. The van der Waals surface area contributed by atoms with Gasteiger partial charge in [0.05, 0.1) is 33.3 Å². The molecule has 1 fully saturated rings. The zero-order valence-electron chi connectivity index (χ0n) is 20.8. The SMILES string of the molecule is COC(=O)C[C@@H]1CC[C@@H](COC(c2ccccc2)(c2ccccc2)c2ccccc2)N(C(=O)OC)C1. The van der Waals surface area contributed by atoms with Gasteiger partial charge < -0.3 is 19.1 Å². The van der Waals surface area contributed by atoms with Gasteiger partial charge in [0.15, 0.2) is 0 Å². The van der Waals surface area contributed by atoms with Crippen molar-refractivity contribution in [2.24, 2.45) is 5.92 Å². The second-order valence-corrected chi connectivity index (χ2v) is 9.09. The highest BCUT2D eigenvalue weighted by Gasteiger charge is 2.40. The Kier molecular flexibility index (Phi) is 8.39. The van der Waals surface area contributed by atoms with Crippen LogP contribution in [0.5, 0.6) is 0 Å². The first-order chi connectivity index (χ1) is 17.6. The molecule has 1 heterocycles. The van der Waals surface area contributed by atoms with E-state index in [0.717, 1.165) is 23.1 Å². The maximum Gasteiger partial charge on any atom is 0.409 e. The van der Waals surface area contributed by atoms with Crippen molar-refractivity contribution in [1.82, 2.24) is 4.90 Å². The van der Waals surface area contributed by atoms with Crippen LogP contribution >= 0.6 is 0 Å². The van der Waals surface area contributed by atoms with Crippen LogP contribution in [-0.2, 0) is 24.6 Å². The highest BCUT2D eigenvalue weighted by molar-refractivity contribution is 5.70. The molecular weight excluding hydrogens is 454 g/mol. The minimum atomic E-state index is -0.867. The second-order valence-electron chi connectivity index (χ2n) is 9.09. The van der Waals surface area contributed by atoms with Gasteiger partial charge in [-0.05, 0) is 35.4 Å². The maximum absolute atomic E-state index is 12.7.